The molecule has 1 heterocycles. The zero-order valence-corrected chi connectivity index (χ0v) is 17.8. The van der Waals surface area contributed by atoms with Gasteiger partial charge in [-0.05, 0) is 68.1 Å². The molecule has 32 heavy (non-hydrogen) atoms. The van der Waals surface area contributed by atoms with Gasteiger partial charge in [0.15, 0.2) is 11.5 Å². The third-order valence-corrected chi connectivity index (χ3v) is 5.95. The average Bonchev–Trinajstić information content (AvgIpc) is 3.41. The maximum absolute atomic E-state index is 12.8. The van der Waals surface area contributed by atoms with Crippen molar-refractivity contribution in [2.45, 2.75) is 31.8 Å². The number of methoxy groups -OCH3 is 1. The van der Waals surface area contributed by atoms with Gasteiger partial charge in [-0.2, -0.15) is 0 Å². The van der Waals surface area contributed by atoms with E-state index in [0.29, 0.717) is 28.3 Å². The molecular weight excluding hydrogens is 404 g/mol. The smallest absolute Gasteiger partial charge is 0.266 e. The molecule has 1 N–H and O–H groups in total. The van der Waals surface area contributed by atoms with Crippen LogP contribution in [0.2, 0.25) is 0 Å². The highest BCUT2D eigenvalue weighted by Crippen LogP contribution is 2.36. The van der Waals surface area contributed by atoms with Gasteiger partial charge in [0.05, 0.1) is 30.0 Å². The van der Waals surface area contributed by atoms with Gasteiger partial charge in [0.2, 0.25) is 0 Å². The molecule has 1 saturated carbocycles. The Hall–Kier alpha value is -3.80. The minimum atomic E-state index is -0.306. The number of ether oxygens (including phenoxy) is 2. The summed E-state index contributed by atoms with van der Waals surface area (Å²) in [5, 5.41) is 3.35. The molecule has 2 amide bonds. The fourth-order valence-corrected chi connectivity index (χ4v) is 4.35. The van der Waals surface area contributed by atoms with Gasteiger partial charge in [-0.3, -0.25) is 9.59 Å². The van der Waals surface area contributed by atoms with Crippen molar-refractivity contribution in [2.75, 3.05) is 17.3 Å². The third-order valence-electron chi connectivity index (χ3n) is 5.95. The van der Waals surface area contributed by atoms with Crippen molar-refractivity contribution in [2.24, 2.45) is 0 Å². The number of amides is 2. The van der Waals surface area contributed by atoms with E-state index < -0.39 is 0 Å². The zero-order valence-electron chi connectivity index (χ0n) is 17.8. The van der Waals surface area contributed by atoms with Crippen LogP contribution in [-0.2, 0) is 0 Å². The van der Waals surface area contributed by atoms with Gasteiger partial charge in [0.25, 0.3) is 11.8 Å². The molecule has 0 aromatic heterocycles. The Labute approximate surface area is 186 Å². The fraction of sp³-hybridized carbons (Fsp3) is 0.231. The number of benzene rings is 3. The molecule has 0 saturated heterocycles. The normalized spacial score (nSPS) is 15.7. The predicted molar refractivity (Wildman–Crippen MR) is 123 cm³/mol. The minimum absolute atomic E-state index is 0.219. The van der Waals surface area contributed by atoms with Gasteiger partial charge >= 0.3 is 0 Å². The number of anilines is 3. The highest BCUT2D eigenvalue weighted by atomic mass is 16.5. The Bertz CT molecular complexity index is 1150. The van der Waals surface area contributed by atoms with Crippen molar-refractivity contribution in [3.63, 3.8) is 0 Å². The Morgan fingerprint density at radius 1 is 0.812 bits per heavy atom. The largest absolute Gasteiger partial charge is 0.493 e. The molecule has 0 atom stereocenters. The second-order valence-electron chi connectivity index (χ2n) is 8.06. The van der Waals surface area contributed by atoms with Crippen molar-refractivity contribution >= 4 is 28.9 Å². The summed E-state index contributed by atoms with van der Waals surface area (Å²) in [6.07, 6.45) is 4.72. The maximum Gasteiger partial charge on any atom is 0.266 e. The second-order valence-corrected chi connectivity index (χ2v) is 8.06. The molecule has 6 heteroatoms. The van der Waals surface area contributed by atoms with E-state index in [2.05, 4.69) is 5.32 Å². The van der Waals surface area contributed by atoms with E-state index >= 15 is 0 Å². The molecule has 0 unspecified atom stereocenters. The lowest BCUT2D eigenvalue weighted by atomic mass is 10.1. The minimum Gasteiger partial charge on any atom is -0.493 e. The van der Waals surface area contributed by atoms with Crippen molar-refractivity contribution in [3.05, 3.63) is 77.9 Å². The number of nitrogens with one attached hydrogen (secondary N) is 1. The number of hydrogen-bond donors (Lipinski definition) is 1. The lowest BCUT2D eigenvalue weighted by molar-refractivity contribution is 0.0926. The van der Waals surface area contributed by atoms with E-state index in [9.17, 15) is 9.59 Å². The van der Waals surface area contributed by atoms with Crippen LogP contribution in [0.5, 0.6) is 11.5 Å². The maximum atomic E-state index is 12.8. The van der Waals surface area contributed by atoms with E-state index in [1.807, 2.05) is 30.3 Å². The standard InChI is InChI=1S/C26H24N2O4/c1-31-23-14-13-18(16-24(23)32-20-9-2-3-10-20)27-17-7-6-8-19(15-17)28-25(29)21-11-4-5-12-22(21)26(28)30/h4-8,11-16,20,27H,2-3,9-10H2,1H3. The van der Waals surface area contributed by atoms with Crippen LogP contribution >= 0.6 is 0 Å². The van der Waals surface area contributed by atoms with Gasteiger partial charge in [-0.15, -0.1) is 0 Å². The highest BCUT2D eigenvalue weighted by Gasteiger charge is 2.36. The van der Waals surface area contributed by atoms with Crippen LogP contribution in [-0.4, -0.2) is 25.0 Å². The van der Waals surface area contributed by atoms with Crippen LogP contribution in [0.25, 0.3) is 0 Å². The quantitative estimate of drug-likeness (QED) is 0.521. The van der Waals surface area contributed by atoms with Gasteiger partial charge in [-0.1, -0.05) is 18.2 Å². The van der Waals surface area contributed by atoms with Crippen LogP contribution < -0.4 is 19.7 Å². The van der Waals surface area contributed by atoms with Crippen LogP contribution in [0.1, 0.15) is 46.4 Å². The summed E-state index contributed by atoms with van der Waals surface area (Å²) in [6.45, 7) is 0. The number of fused-ring (bicyclic) bond motifs is 1. The molecule has 0 bridgehead atoms. The number of nitrogens with zero attached hydrogens (tertiary/aromatic N) is 1. The molecule has 1 aliphatic heterocycles. The Balaban J connectivity index is 1.39. The molecule has 3 aromatic rings. The molecule has 5 rings (SSSR count). The molecule has 2 aliphatic rings. The highest BCUT2D eigenvalue weighted by molar-refractivity contribution is 6.34. The first kappa shape index (κ1) is 20.1. The molecule has 0 spiro atoms. The first-order valence-electron chi connectivity index (χ1n) is 10.8. The summed E-state index contributed by atoms with van der Waals surface area (Å²) in [4.78, 5) is 26.8. The van der Waals surface area contributed by atoms with Crippen LogP contribution in [0.4, 0.5) is 17.1 Å². The van der Waals surface area contributed by atoms with Gasteiger partial charge < -0.3 is 14.8 Å². The Morgan fingerprint density at radius 3 is 2.19 bits per heavy atom. The third kappa shape index (κ3) is 3.68. The van der Waals surface area contributed by atoms with Crippen LogP contribution in [0, 0.1) is 0 Å². The number of carbonyl (C=O) groups excluding carboxylic acids is 2. The van der Waals surface area contributed by atoms with E-state index in [-0.39, 0.29) is 17.9 Å². The molecule has 0 radical (unpaired) electrons. The summed E-state index contributed by atoms with van der Waals surface area (Å²) in [6, 6.07) is 19.9. The lowest BCUT2D eigenvalue weighted by Crippen LogP contribution is -2.29. The summed E-state index contributed by atoms with van der Waals surface area (Å²) in [5.41, 5.74) is 2.98. The van der Waals surface area contributed by atoms with Crippen LogP contribution in [0.15, 0.2) is 66.7 Å². The van der Waals surface area contributed by atoms with Crippen molar-refractivity contribution < 1.29 is 19.1 Å². The van der Waals surface area contributed by atoms with Crippen molar-refractivity contribution in [1.82, 2.24) is 0 Å². The molecule has 3 aromatic carbocycles. The van der Waals surface area contributed by atoms with Crippen molar-refractivity contribution in [1.29, 1.82) is 0 Å². The second kappa shape index (κ2) is 8.38. The van der Waals surface area contributed by atoms with E-state index in [1.54, 1.807) is 43.5 Å². The van der Waals surface area contributed by atoms with Gasteiger partial charge in [0.1, 0.15) is 0 Å². The summed E-state index contributed by atoms with van der Waals surface area (Å²) < 4.78 is 11.6. The molecule has 1 aliphatic carbocycles. The summed E-state index contributed by atoms with van der Waals surface area (Å²) >= 11 is 0. The number of hydrogen-bond acceptors (Lipinski definition) is 5. The number of imide groups is 1. The lowest BCUT2D eigenvalue weighted by Gasteiger charge is -2.18. The molecule has 6 nitrogen and oxygen atoms in total. The van der Waals surface area contributed by atoms with Gasteiger partial charge in [0, 0.05) is 17.4 Å². The predicted octanol–water partition coefficient (Wildman–Crippen LogP) is 5.56. The summed E-state index contributed by atoms with van der Waals surface area (Å²) in [7, 11) is 1.63. The molecule has 1 fully saturated rings. The van der Waals surface area contributed by atoms with E-state index in [1.165, 1.54) is 17.7 Å². The van der Waals surface area contributed by atoms with E-state index in [4.69, 9.17) is 9.47 Å². The summed E-state index contributed by atoms with van der Waals surface area (Å²) in [5.74, 6) is 0.794. The average molecular weight is 428 g/mol. The topological polar surface area (TPSA) is 67.9 Å². The number of rotatable bonds is 6. The first-order valence-corrected chi connectivity index (χ1v) is 10.8. The van der Waals surface area contributed by atoms with Crippen LogP contribution in [0.3, 0.4) is 0 Å². The first-order chi connectivity index (χ1) is 15.6. The molecular formula is C26H24N2O4. The monoisotopic (exact) mass is 428 g/mol. The SMILES string of the molecule is COc1ccc(Nc2cccc(N3C(=O)c4ccccc4C3=O)c2)cc1OC1CCCC1. The van der Waals surface area contributed by atoms with Crippen molar-refractivity contribution in [3.8, 4) is 11.5 Å². The van der Waals surface area contributed by atoms with E-state index in [0.717, 1.165) is 24.2 Å². The Morgan fingerprint density at radius 2 is 1.50 bits per heavy atom. The Kier molecular flexibility index (Phi) is 5.27. The number of carbonyl (C=O) groups is 2. The zero-order chi connectivity index (χ0) is 22.1. The fourth-order valence-electron chi connectivity index (χ4n) is 4.35. The van der Waals surface area contributed by atoms with Gasteiger partial charge in [-0.25, -0.2) is 4.90 Å². The molecule has 162 valence electrons.